The third-order valence-corrected chi connectivity index (χ3v) is 5.16. The Kier molecular flexibility index (Phi) is 8.25. The van der Waals surface area contributed by atoms with Gasteiger partial charge in [-0.3, -0.25) is 9.36 Å². The maximum Gasteiger partial charge on any atom is 0.328 e. The van der Waals surface area contributed by atoms with Crippen LogP contribution in [-0.2, 0) is 17.9 Å². The number of ether oxygens (including phenoxy) is 2. The molecule has 0 amide bonds. The fourth-order valence-corrected chi connectivity index (χ4v) is 3.51. The Morgan fingerprint density at radius 1 is 1.27 bits per heavy atom. The zero-order valence-corrected chi connectivity index (χ0v) is 18.9. The lowest BCUT2D eigenvalue weighted by atomic mass is 10.1. The summed E-state index contributed by atoms with van der Waals surface area (Å²) in [4.78, 5) is 34.2. The van der Waals surface area contributed by atoms with E-state index in [9.17, 15) is 9.59 Å². The van der Waals surface area contributed by atoms with Gasteiger partial charge in [-0.1, -0.05) is 18.6 Å². The van der Waals surface area contributed by atoms with E-state index in [0.29, 0.717) is 36.5 Å². The zero-order chi connectivity index (χ0) is 23.8. The van der Waals surface area contributed by atoms with Crippen LogP contribution in [0.25, 0.3) is 11.2 Å². The number of carbonyl (C=O) groups is 1. The summed E-state index contributed by atoms with van der Waals surface area (Å²) in [6.07, 6.45) is 2.69. The molecule has 0 saturated carbocycles. The highest BCUT2D eigenvalue weighted by Gasteiger charge is 2.16. The third-order valence-electron chi connectivity index (χ3n) is 5.16. The number of nitrogens with one attached hydrogen (secondary N) is 2. The molecule has 3 aromatic rings. The maximum absolute atomic E-state index is 12.6. The lowest BCUT2D eigenvalue weighted by Gasteiger charge is -2.12. The van der Waals surface area contributed by atoms with Gasteiger partial charge >= 0.3 is 17.7 Å². The molecule has 1 aromatic carbocycles. The molecule has 2 aromatic heterocycles. The molecule has 178 valence electrons. The molecule has 0 aliphatic rings. The average molecular weight is 459 g/mol. The number of nitrogens with two attached hydrogens (primary N) is 1. The molecular weight excluding hydrogens is 428 g/mol. The number of benzene rings is 1. The van der Waals surface area contributed by atoms with Crippen LogP contribution >= 0.6 is 0 Å². The summed E-state index contributed by atoms with van der Waals surface area (Å²) in [7, 11) is 1.59. The number of imidazole rings is 1. The molecule has 11 heteroatoms. The minimum atomic E-state index is -0.754. The first-order chi connectivity index (χ1) is 15.9. The highest BCUT2D eigenvalue weighted by Crippen LogP contribution is 2.23. The van der Waals surface area contributed by atoms with Crippen molar-refractivity contribution in [2.45, 2.75) is 45.7 Å². The monoisotopic (exact) mass is 458 g/mol. The topological polar surface area (TPSA) is 157 Å². The van der Waals surface area contributed by atoms with Crippen molar-refractivity contribution in [3.8, 4) is 11.8 Å². The van der Waals surface area contributed by atoms with Crippen LogP contribution in [0.5, 0.6) is 11.8 Å². The largest absolute Gasteiger partial charge is 0.496 e. The fraction of sp³-hybridized carbons (Fsp3) is 0.455. The minimum absolute atomic E-state index is 0.117. The van der Waals surface area contributed by atoms with E-state index in [-0.39, 0.29) is 30.5 Å². The van der Waals surface area contributed by atoms with Crippen LogP contribution in [0.4, 0.5) is 5.82 Å². The van der Waals surface area contributed by atoms with Crippen molar-refractivity contribution < 1.29 is 19.4 Å². The van der Waals surface area contributed by atoms with E-state index >= 15 is 0 Å². The van der Waals surface area contributed by atoms with E-state index in [1.807, 2.05) is 25.1 Å². The number of nitrogen functional groups attached to an aromatic ring is 1. The van der Waals surface area contributed by atoms with Gasteiger partial charge in [-0.25, -0.2) is 4.79 Å². The lowest BCUT2D eigenvalue weighted by molar-refractivity contribution is -0.137. The highest BCUT2D eigenvalue weighted by molar-refractivity contribution is 5.82. The molecule has 0 spiro atoms. The van der Waals surface area contributed by atoms with E-state index in [4.69, 9.17) is 20.3 Å². The van der Waals surface area contributed by atoms with Gasteiger partial charge in [0.1, 0.15) is 11.3 Å². The van der Waals surface area contributed by atoms with Crippen molar-refractivity contribution in [3.63, 3.8) is 0 Å². The molecule has 0 unspecified atom stereocenters. The number of aliphatic carboxylic acids is 1. The Morgan fingerprint density at radius 2 is 2.09 bits per heavy atom. The van der Waals surface area contributed by atoms with Gasteiger partial charge in [0, 0.05) is 18.5 Å². The van der Waals surface area contributed by atoms with Crippen molar-refractivity contribution in [3.05, 3.63) is 39.8 Å². The van der Waals surface area contributed by atoms with Crippen molar-refractivity contribution in [1.29, 1.82) is 0 Å². The number of carboxylic acids is 1. The lowest BCUT2D eigenvalue weighted by Crippen LogP contribution is -2.18. The van der Waals surface area contributed by atoms with Crippen molar-refractivity contribution in [1.82, 2.24) is 24.8 Å². The Bertz CT molecular complexity index is 1160. The van der Waals surface area contributed by atoms with Gasteiger partial charge < -0.3 is 30.6 Å². The van der Waals surface area contributed by atoms with Crippen LogP contribution in [0.1, 0.15) is 43.7 Å². The molecule has 11 nitrogen and oxygen atoms in total. The smallest absolute Gasteiger partial charge is 0.328 e. The van der Waals surface area contributed by atoms with Crippen LogP contribution < -0.4 is 26.2 Å². The average Bonchev–Trinajstić information content (AvgIpc) is 3.09. The van der Waals surface area contributed by atoms with E-state index in [0.717, 1.165) is 30.5 Å². The second-order valence-electron chi connectivity index (χ2n) is 7.57. The molecule has 0 aliphatic heterocycles. The molecule has 33 heavy (non-hydrogen) atoms. The number of hydrogen-bond acceptors (Lipinski definition) is 8. The highest BCUT2D eigenvalue weighted by atomic mass is 16.5. The Morgan fingerprint density at radius 3 is 2.82 bits per heavy atom. The van der Waals surface area contributed by atoms with Gasteiger partial charge in [-0.15, -0.1) is 0 Å². The first-order valence-electron chi connectivity index (χ1n) is 10.9. The van der Waals surface area contributed by atoms with E-state index in [2.05, 4.69) is 20.3 Å². The molecule has 0 atom stereocenters. The van der Waals surface area contributed by atoms with E-state index < -0.39 is 5.97 Å². The van der Waals surface area contributed by atoms with Crippen LogP contribution in [-0.4, -0.2) is 50.9 Å². The number of carboxylic acid groups (broad SMARTS) is 1. The predicted molar refractivity (Wildman–Crippen MR) is 124 cm³/mol. The standard InChI is InChI=1S/C22H30N6O5/c1-3-33-21-26-19(23)18-20(27-21)28(22(31)25-18)13-15-9-8-14(11-16(15)32-2)12-24-10-6-4-5-7-17(29)30/h8-9,11,24H,3-7,10,12-13H2,1-2H3,(H,25,31)(H,29,30)(H2,23,26,27). The molecular formula is C22H30N6O5. The summed E-state index contributed by atoms with van der Waals surface area (Å²) in [5, 5.41) is 12.0. The summed E-state index contributed by atoms with van der Waals surface area (Å²) < 4.78 is 12.4. The first kappa shape index (κ1) is 24.1. The summed E-state index contributed by atoms with van der Waals surface area (Å²) in [6, 6.07) is 5.94. The number of anilines is 1. The van der Waals surface area contributed by atoms with E-state index in [1.54, 1.807) is 7.11 Å². The summed E-state index contributed by atoms with van der Waals surface area (Å²) in [6.45, 7) is 3.89. The van der Waals surface area contributed by atoms with Crippen LogP contribution in [0.2, 0.25) is 0 Å². The van der Waals surface area contributed by atoms with Gasteiger partial charge in [0.25, 0.3) is 0 Å². The summed E-state index contributed by atoms with van der Waals surface area (Å²) in [5.41, 5.74) is 8.20. The zero-order valence-electron chi connectivity index (χ0n) is 18.9. The van der Waals surface area contributed by atoms with Crippen LogP contribution in [0.15, 0.2) is 23.0 Å². The molecule has 3 rings (SSSR count). The summed E-state index contributed by atoms with van der Waals surface area (Å²) >= 11 is 0. The predicted octanol–water partition coefficient (Wildman–Crippen LogP) is 1.89. The molecule has 0 fully saturated rings. The number of hydrogen-bond donors (Lipinski definition) is 4. The second-order valence-corrected chi connectivity index (χ2v) is 7.57. The molecule has 0 saturated heterocycles. The third kappa shape index (κ3) is 6.22. The number of rotatable bonds is 13. The number of aromatic amines is 1. The number of unbranched alkanes of at least 4 members (excludes halogenated alkanes) is 2. The number of nitrogens with zero attached hydrogens (tertiary/aromatic N) is 3. The second kappa shape index (κ2) is 11.3. The van der Waals surface area contributed by atoms with Gasteiger partial charge in [-0.05, 0) is 37.9 Å². The number of methoxy groups -OCH3 is 1. The normalized spacial score (nSPS) is 11.1. The van der Waals surface area contributed by atoms with Crippen molar-refractivity contribution >= 4 is 23.0 Å². The fourth-order valence-electron chi connectivity index (χ4n) is 3.51. The van der Waals surface area contributed by atoms with Gasteiger partial charge in [0.2, 0.25) is 0 Å². The Balaban J connectivity index is 1.69. The van der Waals surface area contributed by atoms with Crippen LogP contribution in [0, 0.1) is 0 Å². The molecule has 0 aliphatic carbocycles. The molecule has 0 bridgehead atoms. The molecule has 5 N–H and O–H groups in total. The number of aromatic nitrogens is 4. The Labute approximate surface area is 190 Å². The summed E-state index contributed by atoms with van der Waals surface area (Å²) in [5.74, 6) is 0.0513. The van der Waals surface area contributed by atoms with E-state index in [1.165, 1.54) is 4.57 Å². The van der Waals surface area contributed by atoms with Gasteiger partial charge in [0.05, 0.1) is 20.3 Å². The molecule has 2 heterocycles. The van der Waals surface area contributed by atoms with Gasteiger partial charge in [-0.2, -0.15) is 9.97 Å². The Hall–Kier alpha value is -3.60. The SMILES string of the molecule is CCOc1nc(N)c2[nH]c(=O)n(Cc3ccc(CNCCCCCC(=O)O)cc3OC)c2n1. The van der Waals surface area contributed by atoms with Gasteiger partial charge in [0.15, 0.2) is 11.5 Å². The number of fused-ring (bicyclic) bond motifs is 1. The number of H-pyrrole nitrogens is 1. The minimum Gasteiger partial charge on any atom is -0.496 e. The van der Waals surface area contributed by atoms with Crippen molar-refractivity contribution in [2.75, 3.05) is 26.0 Å². The first-order valence-corrected chi connectivity index (χ1v) is 10.9. The molecule has 0 radical (unpaired) electrons. The quantitative estimate of drug-likeness (QED) is 0.281. The van der Waals surface area contributed by atoms with Crippen LogP contribution in [0.3, 0.4) is 0 Å². The van der Waals surface area contributed by atoms with Crippen molar-refractivity contribution in [2.24, 2.45) is 0 Å². The maximum atomic E-state index is 12.6.